The molecule has 1 aliphatic heterocycles. The summed E-state index contributed by atoms with van der Waals surface area (Å²) in [5, 5.41) is 3.65. The number of hydrogen-bond donors (Lipinski definition) is 1. The summed E-state index contributed by atoms with van der Waals surface area (Å²) >= 11 is 1.83. The molecule has 2 aliphatic rings. The normalized spacial score (nSPS) is 21.3. The number of carbonyl (C=O) groups is 1. The molecule has 0 aromatic carbocycles. The number of amides is 1. The second kappa shape index (κ2) is 7.39. The lowest BCUT2D eigenvalue weighted by molar-refractivity contribution is -0.132. The molecule has 1 aliphatic carbocycles. The summed E-state index contributed by atoms with van der Waals surface area (Å²) in [6.07, 6.45) is 8.98. The summed E-state index contributed by atoms with van der Waals surface area (Å²) in [6.45, 7) is 3.12. The van der Waals surface area contributed by atoms with Gasteiger partial charge in [0.2, 0.25) is 5.91 Å². The first-order valence-electron chi connectivity index (χ1n) is 7.29. The molecule has 1 amide bonds. The van der Waals surface area contributed by atoms with Gasteiger partial charge in [0, 0.05) is 25.6 Å². The number of thioether (sulfide) groups is 1. The van der Waals surface area contributed by atoms with Crippen LogP contribution in [0.4, 0.5) is 0 Å². The van der Waals surface area contributed by atoms with Crippen LogP contribution in [0.3, 0.4) is 0 Å². The average molecular weight is 270 g/mol. The molecule has 0 bridgehead atoms. The summed E-state index contributed by atoms with van der Waals surface area (Å²) in [5.74, 6) is 2.42. The van der Waals surface area contributed by atoms with Crippen molar-refractivity contribution >= 4 is 17.7 Å². The van der Waals surface area contributed by atoms with Gasteiger partial charge in [-0.25, -0.2) is 0 Å². The lowest BCUT2D eigenvalue weighted by atomic mass is 10.0. The number of piperidine rings is 1. The zero-order valence-electron chi connectivity index (χ0n) is 11.5. The first-order chi connectivity index (χ1) is 8.79. The molecular weight excluding hydrogens is 244 g/mol. The molecule has 4 heteroatoms. The van der Waals surface area contributed by atoms with Gasteiger partial charge < -0.3 is 10.2 Å². The van der Waals surface area contributed by atoms with Gasteiger partial charge in [0.15, 0.2) is 0 Å². The van der Waals surface area contributed by atoms with Gasteiger partial charge in [-0.1, -0.05) is 0 Å². The number of likely N-dealkylation sites (tertiary alicyclic amines) is 1. The average Bonchev–Trinajstić information content (AvgIpc) is 3.21. The standard InChI is InChI=1S/C14H26N2OS/c1-18-10-2-3-14(17)16-8-6-13(7-9-16)15-11-12-4-5-12/h12-13,15H,2-11H2,1H3. The lowest BCUT2D eigenvalue weighted by Gasteiger charge is -2.32. The molecule has 0 aromatic rings. The quantitative estimate of drug-likeness (QED) is 0.719. The van der Waals surface area contributed by atoms with Crippen molar-refractivity contribution in [3.8, 4) is 0 Å². The fourth-order valence-electron chi connectivity index (χ4n) is 2.51. The number of carbonyl (C=O) groups excluding carboxylic acids is 1. The highest BCUT2D eigenvalue weighted by molar-refractivity contribution is 7.98. The molecule has 18 heavy (non-hydrogen) atoms. The van der Waals surface area contributed by atoms with Gasteiger partial charge >= 0.3 is 0 Å². The van der Waals surface area contributed by atoms with Crippen molar-refractivity contribution in [3.63, 3.8) is 0 Å². The van der Waals surface area contributed by atoms with Crippen LogP contribution in [-0.4, -0.2) is 48.5 Å². The van der Waals surface area contributed by atoms with E-state index in [9.17, 15) is 4.79 Å². The molecule has 2 fully saturated rings. The summed E-state index contributed by atoms with van der Waals surface area (Å²) in [4.78, 5) is 14.0. The topological polar surface area (TPSA) is 32.3 Å². The van der Waals surface area contributed by atoms with E-state index < -0.39 is 0 Å². The van der Waals surface area contributed by atoms with Crippen LogP contribution in [0, 0.1) is 5.92 Å². The maximum atomic E-state index is 12.0. The van der Waals surface area contributed by atoms with E-state index >= 15 is 0 Å². The Morgan fingerprint density at radius 3 is 2.61 bits per heavy atom. The van der Waals surface area contributed by atoms with Crippen LogP contribution in [0.2, 0.25) is 0 Å². The van der Waals surface area contributed by atoms with Crippen molar-refractivity contribution in [1.82, 2.24) is 10.2 Å². The molecule has 1 saturated carbocycles. The SMILES string of the molecule is CSCCCC(=O)N1CCC(NCC2CC2)CC1. The third-order valence-corrected chi connectivity index (χ3v) is 4.68. The van der Waals surface area contributed by atoms with Crippen LogP contribution in [-0.2, 0) is 4.79 Å². The molecule has 104 valence electrons. The second-order valence-electron chi connectivity index (χ2n) is 5.60. The molecule has 1 saturated heterocycles. The van der Waals surface area contributed by atoms with Crippen molar-refractivity contribution in [1.29, 1.82) is 0 Å². The van der Waals surface area contributed by atoms with E-state index in [0.29, 0.717) is 11.9 Å². The summed E-state index contributed by atoms with van der Waals surface area (Å²) in [7, 11) is 0. The smallest absolute Gasteiger partial charge is 0.222 e. The highest BCUT2D eigenvalue weighted by Gasteiger charge is 2.25. The maximum Gasteiger partial charge on any atom is 0.222 e. The molecule has 1 N–H and O–H groups in total. The monoisotopic (exact) mass is 270 g/mol. The Morgan fingerprint density at radius 1 is 1.28 bits per heavy atom. The molecular formula is C14H26N2OS. The lowest BCUT2D eigenvalue weighted by Crippen LogP contribution is -2.45. The van der Waals surface area contributed by atoms with Gasteiger partial charge in [0.05, 0.1) is 0 Å². The van der Waals surface area contributed by atoms with Crippen LogP contribution < -0.4 is 5.32 Å². The van der Waals surface area contributed by atoms with Crippen LogP contribution in [0.15, 0.2) is 0 Å². The van der Waals surface area contributed by atoms with Crippen molar-refractivity contribution < 1.29 is 4.79 Å². The third-order valence-electron chi connectivity index (χ3n) is 3.98. The molecule has 3 nitrogen and oxygen atoms in total. The number of nitrogens with zero attached hydrogens (tertiary/aromatic N) is 1. The summed E-state index contributed by atoms with van der Waals surface area (Å²) < 4.78 is 0. The molecule has 0 unspecified atom stereocenters. The van der Waals surface area contributed by atoms with Gasteiger partial charge in [-0.05, 0) is 56.6 Å². The predicted octanol–water partition coefficient (Wildman–Crippen LogP) is 2.12. The van der Waals surface area contributed by atoms with Crippen molar-refractivity contribution in [3.05, 3.63) is 0 Å². The van der Waals surface area contributed by atoms with Gasteiger partial charge in [0.25, 0.3) is 0 Å². The Labute approximate surface area is 115 Å². The van der Waals surface area contributed by atoms with Gasteiger partial charge in [0.1, 0.15) is 0 Å². The van der Waals surface area contributed by atoms with Crippen LogP contribution in [0.25, 0.3) is 0 Å². The maximum absolute atomic E-state index is 12.0. The minimum Gasteiger partial charge on any atom is -0.343 e. The molecule has 2 rings (SSSR count). The summed E-state index contributed by atoms with van der Waals surface area (Å²) in [6, 6.07) is 0.654. The van der Waals surface area contributed by atoms with Crippen molar-refractivity contribution in [2.45, 2.75) is 44.6 Å². The highest BCUT2D eigenvalue weighted by Crippen LogP contribution is 2.28. The largest absolute Gasteiger partial charge is 0.343 e. The summed E-state index contributed by atoms with van der Waals surface area (Å²) in [5.41, 5.74) is 0. The zero-order chi connectivity index (χ0) is 12.8. The minimum atomic E-state index is 0.365. The third kappa shape index (κ3) is 4.81. The second-order valence-corrected chi connectivity index (χ2v) is 6.59. The van der Waals surface area contributed by atoms with Crippen molar-refractivity contribution in [2.24, 2.45) is 5.92 Å². The van der Waals surface area contributed by atoms with Crippen LogP contribution >= 0.6 is 11.8 Å². The van der Waals surface area contributed by atoms with Crippen molar-refractivity contribution in [2.75, 3.05) is 31.6 Å². The van der Waals surface area contributed by atoms with Crippen LogP contribution in [0.5, 0.6) is 0 Å². The Bertz CT molecular complexity index is 261. The van der Waals surface area contributed by atoms with E-state index in [-0.39, 0.29) is 0 Å². The molecule has 0 spiro atoms. The number of nitrogens with one attached hydrogen (secondary N) is 1. The Kier molecular flexibility index (Phi) is 5.83. The zero-order valence-corrected chi connectivity index (χ0v) is 12.3. The minimum absolute atomic E-state index is 0.365. The first-order valence-corrected chi connectivity index (χ1v) is 8.69. The van der Waals surface area contributed by atoms with E-state index in [1.54, 1.807) is 0 Å². The van der Waals surface area contributed by atoms with E-state index in [2.05, 4.69) is 16.5 Å². The van der Waals surface area contributed by atoms with Crippen LogP contribution in [0.1, 0.15) is 38.5 Å². The fourth-order valence-corrected chi connectivity index (χ4v) is 2.95. The van der Waals surface area contributed by atoms with Gasteiger partial charge in [-0.15, -0.1) is 0 Å². The number of rotatable bonds is 7. The fraction of sp³-hybridized carbons (Fsp3) is 0.929. The van der Waals surface area contributed by atoms with E-state index in [0.717, 1.165) is 50.4 Å². The Morgan fingerprint density at radius 2 is 2.00 bits per heavy atom. The first kappa shape index (κ1) is 14.2. The Balaban J connectivity index is 1.58. The molecule has 0 radical (unpaired) electrons. The van der Waals surface area contributed by atoms with Gasteiger partial charge in [-0.3, -0.25) is 4.79 Å². The Hall–Kier alpha value is -0.220. The molecule has 1 heterocycles. The highest BCUT2D eigenvalue weighted by atomic mass is 32.2. The predicted molar refractivity (Wildman–Crippen MR) is 77.9 cm³/mol. The van der Waals surface area contributed by atoms with E-state index in [1.165, 1.54) is 19.4 Å². The molecule has 0 aromatic heterocycles. The number of hydrogen-bond acceptors (Lipinski definition) is 3. The van der Waals surface area contributed by atoms with E-state index in [1.807, 2.05) is 11.8 Å². The van der Waals surface area contributed by atoms with E-state index in [4.69, 9.17) is 0 Å². The molecule has 0 atom stereocenters. The van der Waals surface area contributed by atoms with Gasteiger partial charge in [-0.2, -0.15) is 11.8 Å².